The highest BCUT2D eigenvalue weighted by Crippen LogP contribution is 2.26. The number of aliphatic hydroxyl groups excluding tert-OH is 1. The Kier molecular flexibility index (Phi) is 35.2. The van der Waals surface area contributed by atoms with E-state index in [1.807, 2.05) is 55.4 Å². The Balaban J connectivity index is 4.50. The minimum absolute atomic E-state index is 0.00927. The normalized spacial score (nSPS) is 25.6. The molecule has 538 valence electrons. The summed E-state index contributed by atoms with van der Waals surface area (Å²) in [4.78, 5) is 185. The first-order chi connectivity index (χ1) is 43.3. The number of allylic oxidation sites excluding steroid dienone is 2. The van der Waals surface area contributed by atoms with Gasteiger partial charge in [0.25, 0.3) is 0 Å². The lowest BCUT2D eigenvalue weighted by Crippen LogP contribution is -2.63. The highest BCUT2D eigenvalue weighted by atomic mass is 16.3. The Morgan fingerprint density at radius 2 is 0.968 bits per heavy atom. The third kappa shape index (κ3) is 24.8. The molecule has 0 unspecified atom stereocenters. The first kappa shape index (κ1) is 85.4. The molecule has 0 aromatic rings. The lowest BCUT2D eigenvalue weighted by Gasteiger charge is -2.41. The predicted octanol–water partition coefficient (Wildman–Crippen LogP) is 4.19. The van der Waals surface area contributed by atoms with Crippen LogP contribution in [0.2, 0.25) is 0 Å². The first-order valence-corrected chi connectivity index (χ1v) is 34.0. The fourth-order valence-corrected chi connectivity index (χ4v) is 11.5. The fourth-order valence-electron chi connectivity index (χ4n) is 11.5. The molecule has 0 radical (unpaired) electrons. The molecule has 94 heavy (non-hydrogen) atoms. The Bertz CT molecular complexity index is 2600. The van der Waals surface area contributed by atoms with Gasteiger partial charge in [0.05, 0.1) is 12.6 Å². The second kappa shape index (κ2) is 38.8. The van der Waals surface area contributed by atoms with Crippen LogP contribution in [0, 0.1) is 46.8 Å². The molecule has 25 heteroatoms. The van der Waals surface area contributed by atoms with Crippen molar-refractivity contribution < 1.29 is 62.6 Å². The second-order valence-electron chi connectivity index (χ2n) is 29.6. The van der Waals surface area contributed by atoms with Gasteiger partial charge in [0, 0.05) is 61.3 Å². The SMILES string of the molecule is C/C=C/C[C@@H](C)[C@@H](O)[C@H]1C(=O)N[C@@H](CC)C(=O)N(C)CC(=O)N(C)[C@@H](CC(C)C)C(=O)N[C@@H](C(C)C)C(=O)N(C)[C@@H](CC(C)C)C(=O)N[C@@H](C)C(=O)N[C@H](CCCNC(=O)C(C)(C)C)C(=O)N(C)[C@@H](CC(C)C)C(=O)N(C)[C@@H](CC(C)C)C(=O)N(C)[C@@H](C(C)C)C(=O)N1C. The van der Waals surface area contributed by atoms with Crippen LogP contribution in [0.15, 0.2) is 12.2 Å². The quantitative estimate of drug-likeness (QED) is 0.0782. The second-order valence-corrected chi connectivity index (χ2v) is 29.6. The van der Waals surface area contributed by atoms with E-state index in [9.17, 15) is 43.5 Å². The molecule has 25 nitrogen and oxygen atoms in total. The zero-order valence-corrected chi connectivity index (χ0v) is 62.1. The zero-order chi connectivity index (χ0) is 72.9. The van der Waals surface area contributed by atoms with Gasteiger partial charge in [0.15, 0.2) is 0 Å². The monoisotopic (exact) mass is 1330 g/mol. The van der Waals surface area contributed by atoms with Crippen molar-refractivity contribution in [3.8, 4) is 0 Å². The highest BCUT2D eigenvalue weighted by Gasteiger charge is 2.46. The van der Waals surface area contributed by atoms with E-state index in [-0.39, 0.29) is 81.1 Å². The smallest absolute Gasteiger partial charge is 0.246 e. The van der Waals surface area contributed by atoms with Crippen molar-refractivity contribution in [1.82, 2.24) is 60.9 Å². The molecule has 0 aliphatic carbocycles. The van der Waals surface area contributed by atoms with Gasteiger partial charge in [-0.3, -0.25) is 57.5 Å². The summed E-state index contributed by atoms with van der Waals surface area (Å²) in [5, 5.41) is 26.2. The van der Waals surface area contributed by atoms with Crippen LogP contribution < -0.4 is 26.6 Å². The van der Waals surface area contributed by atoms with Crippen molar-refractivity contribution in [3.63, 3.8) is 0 Å². The number of aliphatic hydroxyl groups is 1. The fraction of sp³-hybridized carbons (Fsp3) is 0.797. The van der Waals surface area contributed by atoms with E-state index in [1.54, 1.807) is 81.4 Å². The van der Waals surface area contributed by atoms with Gasteiger partial charge >= 0.3 is 0 Å². The minimum atomic E-state index is -1.63. The van der Waals surface area contributed by atoms with Gasteiger partial charge in [0.2, 0.25) is 70.9 Å². The molecule has 1 heterocycles. The maximum Gasteiger partial charge on any atom is 0.246 e. The standard InChI is InChI=1S/C69H124N12O13/c1-27-29-31-45(15)57(83)56-61(87)72-47(28-2)62(88)75(20)38-53(82)76(21)49(34-39(3)4)60(86)74-54(43(11)12)66(92)77(22)50(35-40(5)6)59(85)71-46(16)58(84)73-48(32-30-33-70-68(94)69(17,18)19)63(89)78(23)51(36-41(7)8)64(90)79(24)52(37-42(9)10)65(91)80(25)55(44(13)14)67(93)81(56)26/h27,29,39-52,54-57,83H,28,30-38H2,1-26H3,(H,70,94)(H,71,85)(H,72,87)(H,73,84)(H,74,86)/b29-27+/t45-,46+,47+,48-,49+,50+,51+,52+,54+,55+,56+,57-/m1/s1. The molecule has 1 saturated heterocycles. The van der Waals surface area contributed by atoms with Crippen molar-refractivity contribution in [2.45, 2.75) is 249 Å². The Morgan fingerprint density at radius 1 is 0.532 bits per heavy atom. The number of hydrogen-bond donors (Lipinski definition) is 6. The minimum Gasteiger partial charge on any atom is -0.390 e. The Morgan fingerprint density at radius 3 is 1.43 bits per heavy atom. The summed E-state index contributed by atoms with van der Waals surface area (Å²) in [7, 11) is 9.88. The van der Waals surface area contributed by atoms with E-state index < -0.39 is 161 Å². The summed E-state index contributed by atoms with van der Waals surface area (Å²) in [6.07, 6.45) is 3.00. The predicted molar refractivity (Wildman–Crippen MR) is 364 cm³/mol. The van der Waals surface area contributed by atoms with E-state index in [1.165, 1.54) is 80.8 Å². The molecule has 0 spiro atoms. The summed E-state index contributed by atoms with van der Waals surface area (Å²) >= 11 is 0. The van der Waals surface area contributed by atoms with Crippen molar-refractivity contribution in [3.05, 3.63) is 12.2 Å². The average molecular weight is 1330 g/mol. The van der Waals surface area contributed by atoms with E-state index in [0.29, 0.717) is 6.42 Å². The lowest BCUT2D eigenvalue weighted by molar-refractivity contribution is -0.157. The number of nitrogens with zero attached hydrogens (tertiary/aromatic N) is 7. The number of nitrogens with one attached hydrogen (secondary N) is 5. The number of carbonyl (C=O) groups excluding carboxylic acids is 12. The van der Waals surface area contributed by atoms with Crippen LogP contribution in [-0.4, -0.2) is 239 Å². The Labute approximate surface area is 563 Å². The number of carbonyl (C=O) groups is 12. The summed E-state index contributed by atoms with van der Waals surface area (Å²) in [6.45, 7) is 33.1. The van der Waals surface area contributed by atoms with Gasteiger partial charge in [-0.2, -0.15) is 0 Å². The van der Waals surface area contributed by atoms with Crippen molar-refractivity contribution in [2.24, 2.45) is 46.8 Å². The van der Waals surface area contributed by atoms with Gasteiger partial charge in [0.1, 0.15) is 60.4 Å². The van der Waals surface area contributed by atoms with E-state index in [0.717, 1.165) is 9.80 Å². The summed E-state index contributed by atoms with van der Waals surface area (Å²) in [6, 6.07) is -12.8. The molecule has 0 aromatic carbocycles. The molecule has 0 bridgehead atoms. The highest BCUT2D eigenvalue weighted by molar-refractivity contribution is 5.99. The molecular weight excluding hydrogens is 1200 g/mol. The van der Waals surface area contributed by atoms with Crippen LogP contribution in [0.4, 0.5) is 0 Å². The van der Waals surface area contributed by atoms with Crippen LogP contribution in [0.3, 0.4) is 0 Å². The van der Waals surface area contributed by atoms with Crippen LogP contribution in [0.5, 0.6) is 0 Å². The van der Waals surface area contributed by atoms with Crippen LogP contribution in [-0.2, 0) is 57.5 Å². The van der Waals surface area contributed by atoms with Crippen LogP contribution in [0.1, 0.15) is 183 Å². The molecule has 0 aromatic heterocycles. The number of rotatable bonds is 19. The summed E-state index contributed by atoms with van der Waals surface area (Å²) < 4.78 is 0. The number of hydrogen-bond acceptors (Lipinski definition) is 13. The topological polar surface area (TPSA) is 308 Å². The molecule has 1 aliphatic heterocycles. The third-order valence-electron chi connectivity index (χ3n) is 17.6. The largest absolute Gasteiger partial charge is 0.390 e. The van der Waals surface area contributed by atoms with Gasteiger partial charge in [-0.25, -0.2) is 0 Å². The van der Waals surface area contributed by atoms with E-state index >= 15 is 19.2 Å². The molecule has 12 amide bonds. The number of likely N-dealkylation sites (N-methyl/N-ethyl adjacent to an activating group) is 7. The lowest BCUT2D eigenvalue weighted by atomic mass is 9.91. The summed E-state index contributed by atoms with van der Waals surface area (Å²) in [5.41, 5.74) is -0.733. The van der Waals surface area contributed by atoms with Crippen molar-refractivity contribution in [2.75, 3.05) is 62.4 Å². The zero-order valence-electron chi connectivity index (χ0n) is 62.1. The van der Waals surface area contributed by atoms with E-state index in [4.69, 9.17) is 0 Å². The third-order valence-corrected chi connectivity index (χ3v) is 17.6. The summed E-state index contributed by atoms with van der Waals surface area (Å²) in [5.74, 6) is -10.5. The molecule has 1 fully saturated rings. The molecule has 12 atom stereocenters. The number of amides is 12. The first-order valence-electron chi connectivity index (χ1n) is 34.0. The Hall–Kier alpha value is -6.66. The molecule has 6 N–H and O–H groups in total. The maximum atomic E-state index is 15.3. The van der Waals surface area contributed by atoms with Gasteiger partial charge in [-0.15, -0.1) is 0 Å². The van der Waals surface area contributed by atoms with Crippen LogP contribution in [0.25, 0.3) is 0 Å². The van der Waals surface area contributed by atoms with Gasteiger partial charge < -0.3 is 66.0 Å². The molecule has 1 aliphatic rings. The molecule has 0 saturated carbocycles. The van der Waals surface area contributed by atoms with Gasteiger partial charge in [-0.05, 0) is 107 Å². The van der Waals surface area contributed by atoms with Crippen molar-refractivity contribution in [1.29, 1.82) is 0 Å². The van der Waals surface area contributed by atoms with Crippen molar-refractivity contribution >= 4 is 70.9 Å². The molecular formula is C69H124N12O13. The van der Waals surface area contributed by atoms with E-state index in [2.05, 4.69) is 26.6 Å². The van der Waals surface area contributed by atoms with Gasteiger partial charge in [-0.1, -0.05) is 130 Å². The molecule has 1 rings (SSSR count). The average Bonchev–Trinajstić information content (AvgIpc) is 0.815. The maximum absolute atomic E-state index is 15.3. The van der Waals surface area contributed by atoms with Crippen LogP contribution >= 0.6 is 0 Å².